The molecule has 0 aromatic carbocycles. The van der Waals surface area contributed by atoms with Crippen LogP contribution in [0.1, 0.15) is 27.2 Å². The Kier molecular flexibility index (Phi) is 5.18. The van der Waals surface area contributed by atoms with Gasteiger partial charge in [0.05, 0.1) is 5.54 Å². The van der Waals surface area contributed by atoms with E-state index in [-0.39, 0.29) is 17.9 Å². The number of nitrogens with zero attached hydrogens (tertiary/aromatic N) is 1. The van der Waals surface area contributed by atoms with Crippen LogP contribution < -0.4 is 0 Å². The first-order valence-corrected chi connectivity index (χ1v) is 4.77. The van der Waals surface area contributed by atoms with Crippen LogP contribution in [0, 0.1) is 0 Å². The number of ether oxygens (including phenoxy) is 1. The minimum Gasteiger partial charge on any atom is -0.374 e. The van der Waals surface area contributed by atoms with E-state index in [1.165, 1.54) is 0 Å². The molecule has 0 bridgehead atoms. The largest absolute Gasteiger partial charge is 0.374 e. The highest BCUT2D eigenvalue weighted by molar-refractivity contribution is 5.89. The van der Waals surface area contributed by atoms with Crippen molar-refractivity contribution in [3.05, 3.63) is 0 Å². The molecule has 3 nitrogen and oxygen atoms in total. The van der Waals surface area contributed by atoms with Gasteiger partial charge in [0, 0.05) is 6.61 Å². The van der Waals surface area contributed by atoms with Gasteiger partial charge in [0.2, 0.25) is 0 Å². The zero-order valence-corrected chi connectivity index (χ0v) is 9.39. The first-order chi connectivity index (χ1) is 5.99. The number of carbonyl (C=O) groups excluding carboxylic acids is 1. The quantitative estimate of drug-likeness (QED) is 0.628. The van der Waals surface area contributed by atoms with E-state index in [0.29, 0.717) is 6.61 Å². The van der Waals surface area contributed by atoms with Crippen molar-refractivity contribution in [3.8, 4) is 0 Å². The van der Waals surface area contributed by atoms with Gasteiger partial charge >= 0.3 is 0 Å². The minimum atomic E-state index is -0.380. The SMILES string of the molecule is CCOCC(=O)C(C)(CC)N(C)C. The highest BCUT2D eigenvalue weighted by atomic mass is 16.5. The van der Waals surface area contributed by atoms with E-state index in [1.807, 2.05) is 39.8 Å². The van der Waals surface area contributed by atoms with Crippen LogP contribution in [0.2, 0.25) is 0 Å². The average Bonchev–Trinajstić information content (AvgIpc) is 2.12. The molecule has 0 N–H and O–H groups in total. The Hall–Kier alpha value is -0.410. The molecule has 0 aliphatic carbocycles. The highest BCUT2D eigenvalue weighted by Crippen LogP contribution is 2.17. The normalized spacial score (nSPS) is 15.8. The predicted octanol–water partition coefficient (Wildman–Crippen LogP) is 1.32. The number of carbonyl (C=O) groups is 1. The molecule has 0 aromatic rings. The molecule has 78 valence electrons. The van der Waals surface area contributed by atoms with Gasteiger partial charge in [-0.25, -0.2) is 0 Å². The van der Waals surface area contributed by atoms with Crippen LogP contribution in [0.15, 0.2) is 0 Å². The summed E-state index contributed by atoms with van der Waals surface area (Å²) in [6, 6.07) is 0. The third kappa shape index (κ3) is 3.08. The van der Waals surface area contributed by atoms with Crippen LogP contribution in [0.5, 0.6) is 0 Å². The standard InChI is InChI=1S/C10H21NO2/c1-6-10(3,11(4)5)9(12)8-13-7-2/h6-8H2,1-5H3. The van der Waals surface area contributed by atoms with Gasteiger partial charge in [-0.15, -0.1) is 0 Å². The number of Topliss-reactive ketones (excluding diaryl/α,β-unsaturated/α-hetero) is 1. The van der Waals surface area contributed by atoms with Crippen LogP contribution >= 0.6 is 0 Å². The summed E-state index contributed by atoms with van der Waals surface area (Å²) in [7, 11) is 3.85. The molecule has 0 heterocycles. The lowest BCUT2D eigenvalue weighted by Gasteiger charge is -2.33. The highest BCUT2D eigenvalue weighted by Gasteiger charge is 2.32. The van der Waals surface area contributed by atoms with Gasteiger partial charge in [-0.2, -0.15) is 0 Å². The zero-order valence-electron chi connectivity index (χ0n) is 9.39. The summed E-state index contributed by atoms with van der Waals surface area (Å²) < 4.78 is 5.12. The molecule has 0 aliphatic heterocycles. The van der Waals surface area contributed by atoms with Gasteiger partial charge in [-0.1, -0.05) is 6.92 Å². The lowest BCUT2D eigenvalue weighted by Crippen LogP contribution is -2.49. The second kappa shape index (κ2) is 5.35. The van der Waals surface area contributed by atoms with Gasteiger partial charge in [-0.05, 0) is 34.4 Å². The van der Waals surface area contributed by atoms with Gasteiger partial charge in [0.25, 0.3) is 0 Å². The number of hydrogen-bond donors (Lipinski definition) is 0. The van der Waals surface area contributed by atoms with E-state index in [9.17, 15) is 4.79 Å². The molecule has 0 aromatic heterocycles. The topological polar surface area (TPSA) is 29.5 Å². The summed E-state index contributed by atoms with van der Waals surface area (Å²) in [5, 5.41) is 0. The summed E-state index contributed by atoms with van der Waals surface area (Å²) in [6.45, 7) is 6.68. The van der Waals surface area contributed by atoms with Crippen molar-refractivity contribution in [1.29, 1.82) is 0 Å². The monoisotopic (exact) mass is 187 g/mol. The second-order valence-electron chi connectivity index (χ2n) is 3.58. The molecule has 0 fully saturated rings. The van der Waals surface area contributed by atoms with E-state index in [1.54, 1.807) is 0 Å². The van der Waals surface area contributed by atoms with Crippen LogP contribution in [-0.2, 0) is 9.53 Å². The molecule has 0 radical (unpaired) electrons. The molecule has 0 spiro atoms. The van der Waals surface area contributed by atoms with Crippen molar-refractivity contribution in [2.24, 2.45) is 0 Å². The first-order valence-electron chi connectivity index (χ1n) is 4.77. The van der Waals surface area contributed by atoms with Crippen LogP contribution in [0.4, 0.5) is 0 Å². The van der Waals surface area contributed by atoms with Gasteiger partial charge < -0.3 is 4.74 Å². The van der Waals surface area contributed by atoms with Gasteiger partial charge in [0.1, 0.15) is 6.61 Å². The molecule has 0 amide bonds. The van der Waals surface area contributed by atoms with Crippen molar-refractivity contribution >= 4 is 5.78 Å². The molecule has 0 saturated carbocycles. The van der Waals surface area contributed by atoms with E-state index in [0.717, 1.165) is 6.42 Å². The molecule has 0 saturated heterocycles. The van der Waals surface area contributed by atoms with Crippen LogP contribution in [0.3, 0.4) is 0 Å². The average molecular weight is 187 g/mol. The summed E-state index contributed by atoms with van der Waals surface area (Å²) >= 11 is 0. The lowest BCUT2D eigenvalue weighted by molar-refractivity contribution is -0.133. The third-order valence-electron chi connectivity index (χ3n) is 2.71. The Morgan fingerprint density at radius 1 is 1.38 bits per heavy atom. The van der Waals surface area contributed by atoms with Crippen molar-refractivity contribution in [1.82, 2.24) is 4.90 Å². The Morgan fingerprint density at radius 3 is 2.23 bits per heavy atom. The Labute approximate surface area is 81.1 Å². The predicted molar refractivity (Wildman–Crippen MR) is 53.9 cm³/mol. The van der Waals surface area contributed by atoms with E-state index in [2.05, 4.69) is 0 Å². The molecule has 0 rings (SSSR count). The molecule has 13 heavy (non-hydrogen) atoms. The number of likely N-dealkylation sites (N-methyl/N-ethyl adjacent to an activating group) is 1. The maximum absolute atomic E-state index is 11.7. The fourth-order valence-electron chi connectivity index (χ4n) is 1.11. The molecule has 3 heteroatoms. The summed E-state index contributed by atoms with van der Waals surface area (Å²) in [5.74, 6) is 0.154. The maximum atomic E-state index is 11.7. The molecular weight excluding hydrogens is 166 g/mol. The molecule has 0 aliphatic rings. The second-order valence-corrected chi connectivity index (χ2v) is 3.58. The van der Waals surface area contributed by atoms with Crippen molar-refractivity contribution in [2.45, 2.75) is 32.7 Å². The molecule has 1 atom stereocenters. The van der Waals surface area contributed by atoms with Crippen molar-refractivity contribution in [3.63, 3.8) is 0 Å². The van der Waals surface area contributed by atoms with Crippen molar-refractivity contribution in [2.75, 3.05) is 27.3 Å². The van der Waals surface area contributed by atoms with E-state index < -0.39 is 0 Å². The van der Waals surface area contributed by atoms with E-state index >= 15 is 0 Å². The lowest BCUT2D eigenvalue weighted by atomic mass is 9.92. The summed E-state index contributed by atoms with van der Waals surface area (Å²) in [5.41, 5.74) is -0.380. The summed E-state index contributed by atoms with van der Waals surface area (Å²) in [4.78, 5) is 13.7. The number of rotatable bonds is 6. The number of hydrogen-bond acceptors (Lipinski definition) is 3. The van der Waals surface area contributed by atoms with E-state index in [4.69, 9.17) is 4.74 Å². The fourth-order valence-corrected chi connectivity index (χ4v) is 1.11. The number of ketones is 1. The Bertz CT molecular complexity index is 168. The zero-order chi connectivity index (χ0) is 10.5. The van der Waals surface area contributed by atoms with Crippen LogP contribution in [-0.4, -0.2) is 43.5 Å². The Morgan fingerprint density at radius 2 is 1.92 bits per heavy atom. The Balaban J connectivity index is 4.30. The van der Waals surface area contributed by atoms with Crippen molar-refractivity contribution < 1.29 is 9.53 Å². The smallest absolute Gasteiger partial charge is 0.178 e. The van der Waals surface area contributed by atoms with Crippen LogP contribution in [0.25, 0.3) is 0 Å². The minimum absolute atomic E-state index is 0.154. The van der Waals surface area contributed by atoms with Gasteiger partial charge in [0.15, 0.2) is 5.78 Å². The molecule has 1 unspecified atom stereocenters. The third-order valence-corrected chi connectivity index (χ3v) is 2.71. The fraction of sp³-hybridized carbons (Fsp3) is 0.900. The summed E-state index contributed by atoms with van der Waals surface area (Å²) in [6.07, 6.45) is 0.811. The first kappa shape index (κ1) is 12.6. The molecular formula is C10H21NO2. The van der Waals surface area contributed by atoms with Gasteiger partial charge in [-0.3, -0.25) is 9.69 Å². The maximum Gasteiger partial charge on any atom is 0.178 e.